The summed E-state index contributed by atoms with van der Waals surface area (Å²) >= 11 is 1.46. The zero-order valence-corrected chi connectivity index (χ0v) is 9.29. The first-order valence-corrected chi connectivity index (χ1v) is 5.67. The highest BCUT2D eigenvalue weighted by Gasteiger charge is 2.28. The number of hydrogen-bond donors (Lipinski definition) is 1. The van der Waals surface area contributed by atoms with E-state index >= 15 is 0 Å². The van der Waals surface area contributed by atoms with Gasteiger partial charge in [0.1, 0.15) is 5.82 Å². The standard InChI is InChI=1S/C9H15N3OS/c1-6(2)8-10-9(14-11-8)12-3-7(4-12)5-13/h6-7,13H,3-5H2,1-2H3. The maximum absolute atomic E-state index is 8.88. The summed E-state index contributed by atoms with van der Waals surface area (Å²) in [4.78, 5) is 6.62. The van der Waals surface area contributed by atoms with Crippen molar-refractivity contribution in [3.8, 4) is 0 Å². The Kier molecular flexibility index (Phi) is 2.69. The van der Waals surface area contributed by atoms with E-state index in [-0.39, 0.29) is 6.61 Å². The van der Waals surface area contributed by atoms with Crippen LogP contribution < -0.4 is 4.90 Å². The summed E-state index contributed by atoms with van der Waals surface area (Å²) in [6.07, 6.45) is 0. The predicted octanol–water partition coefficient (Wildman–Crippen LogP) is 1.09. The van der Waals surface area contributed by atoms with Crippen molar-refractivity contribution in [1.29, 1.82) is 0 Å². The third-order valence-electron chi connectivity index (χ3n) is 2.43. The van der Waals surface area contributed by atoms with Gasteiger partial charge in [-0.3, -0.25) is 0 Å². The predicted molar refractivity (Wildman–Crippen MR) is 56.8 cm³/mol. The Labute approximate surface area is 87.8 Å². The maximum atomic E-state index is 8.88. The first-order chi connectivity index (χ1) is 6.70. The molecule has 1 aromatic rings. The lowest BCUT2D eigenvalue weighted by Gasteiger charge is -2.37. The van der Waals surface area contributed by atoms with Gasteiger partial charge in [-0.2, -0.15) is 4.37 Å². The maximum Gasteiger partial charge on any atom is 0.205 e. The molecular formula is C9H15N3OS. The van der Waals surface area contributed by atoms with E-state index in [2.05, 4.69) is 28.1 Å². The van der Waals surface area contributed by atoms with E-state index in [1.165, 1.54) is 11.5 Å². The minimum absolute atomic E-state index is 0.284. The molecule has 1 fully saturated rings. The van der Waals surface area contributed by atoms with Gasteiger partial charge in [-0.1, -0.05) is 13.8 Å². The van der Waals surface area contributed by atoms with Crippen molar-refractivity contribution in [2.24, 2.45) is 5.92 Å². The van der Waals surface area contributed by atoms with Gasteiger partial charge in [-0.25, -0.2) is 4.98 Å². The summed E-state index contributed by atoms with van der Waals surface area (Å²) in [6, 6.07) is 0. The monoisotopic (exact) mass is 213 g/mol. The van der Waals surface area contributed by atoms with Crippen molar-refractivity contribution in [3.63, 3.8) is 0 Å². The number of anilines is 1. The van der Waals surface area contributed by atoms with E-state index in [1.54, 1.807) is 0 Å². The fourth-order valence-electron chi connectivity index (χ4n) is 1.43. The SMILES string of the molecule is CC(C)c1nsc(N2CC(CO)C2)n1. The molecule has 4 nitrogen and oxygen atoms in total. The number of hydrogen-bond acceptors (Lipinski definition) is 5. The second-order valence-electron chi connectivity index (χ2n) is 4.04. The Morgan fingerprint density at radius 3 is 2.79 bits per heavy atom. The van der Waals surface area contributed by atoms with Crippen LogP contribution in [-0.2, 0) is 0 Å². The molecule has 0 saturated carbocycles. The highest BCUT2D eigenvalue weighted by molar-refractivity contribution is 7.09. The van der Waals surface area contributed by atoms with Gasteiger partial charge < -0.3 is 10.0 Å². The first kappa shape index (κ1) is 9.86. The molecule has 5 heteroatoms. The number of rotatable bonds is 3. The van der Waals surface area contributed by atoms with Crippen LogP contribution in [0.4, 0.5) is 5.13 Å². The minimum atomic E-state index is 0.284. The first-order valence-electron chi connectivity index (χ1n) is 4.90. The van der Waals surface area contributed by atoms with Gasteiger partial charge in [-0.05, 0) is 0 Å². The molecule has 0 bridgehead atoms. The molecule has 1 aliphatic rings. The Bertz CT molecular complexity index is 307. The van der Waals surface area contributed by atoms with Gasteiger partial charge in [0.2, 0.25) is 5.13 Å². The lowest BCUT2D eigenvalue weighted by atomic mass is 10.0. The highest BCUT2D eigenvalue weighted by Crippen LogP contribution is 2.27. The third kappa shape index (κ3) is 1.74. The zero-order valence-electron chi connectivity index (χ0n) is 8.47. The lowest BCUT2D eigenvalue weighted by Crippen LogP contribution is -2.48. The van der Waals surface area contributed by atoms with Crippen LogP contribution in [0.3, 0.4) is 0 Å². The normalized spacial score (nSPS) is 17.6. The fourth-order valence-corrected chi connectivity index (χ4v) is 2.26. The van der Waals surface area contributed by atoms with Crippen molar-refractivity contribution >= 4 is 16.7 Å². The van der Waals surface area contributed by atoms with Gasteiger partial charge in [0.15, 0.2) is 0 Å². The summed E-state index contributed by atoms with van der Waals surface area (Å²) in [5, 5.41) is 9.88. The molecule has 1 N–H and O–H groups in total. The summed E-state index contributed by atoms with van der Waals surface area (Å²) in [5.41, 5.74) is 0. The van der Waals surface area contributed by atoms with Crippen molar-refractivity contribution in [3.05, 3.63) is 5.82 Å². The van der Waals surface area contributed by atoms with E-state index in [1.807, 2.05) is 0 Å². The number of aliphatic hydroxyl groups excluding tert-OH is 1. The quantitative estimate of drug-likeness (QED) is 0.816. The lowest BCUT2D eigenvalue weighted by molar-refractivity contribution is 0.200. The molecule has 0 amide bonds. The van der Waals surface area contributed by atoms with Gasteiger partial charge in [0.05, 0.1) is 0 Å². The molecule has 0 aliphatic carbocycles. The van der Waals surface area contributed by atoms with E-state index in [0.717, 1.165) is 24.0 Å². The number of nitrogens with zero attached hydrogens (tertiary/aromatic N) is 3. The van der Waals surface area contributed by atoms with Gasteiger partial charge in [0, 0.05) is 43.1 Å². The van der Waals surface area contributed by atoms with Crippen molar-refractivity contribution in [2.45, 2.75) is 19.8 Å². The molecule has 0 radical (unpaired) electrons. The van der Waals surface area contributed by atoms with E-state index < -0.39 is 0 Å². The molecular weight excluding hydrogens is 198 g/mol. The molecule has 1 aliphatic heterocycles. The second kappa shape index (κ2) is 3.82. The van der Waals surface area contributed by atoms with Crippen LogP contribution in [0.1, 0.15) is 25.6 Å². The smallest absolute Gasteiger partial charge is 0.205 e. The van der Waals surface area contributed by atoms with Gasteiger partial charge >= 0.3 is 0 Å². The molecule has 0 atom stereocenters. The third-order valence-corrected chi connectivity index (χ3v) is 3.22. The van der Waals surface area contributed by atoms with E-state index in [4.69, 9.17) is 5.11 Å². The molecule has 14 heavy (non-hydrogen) atoms. The number of aliphatic hydroxyl groups is 1. The Morgan fingerprint density at radius 2 is 2.29 bits per heavy atom. The molecule has 0 spiro atoms. The van der Waals surface area contributed by atoms with Crippen LogP contribution in [0.15, 0.2) is 0 Å². The molecule has 1 saturated heterocycles. The van der Waals surface area contributed by atoms with Crippen molar-refractivity contribution in [2.75, 3.05) is 24.6 Å². The molecule has 0 aromatic carbocycles. The Hall–Kier alpha value is -0.680. The average molecular weight is 213 g/mol. The molecule has 2 heterocycles. The van der Waals surface area contributed by atoms with Crippen LogP contribution in [0.2, 0.25) is 0 Å². The van der Waals surface area contributed by atoms with Gasteiger partial charge in [-0.15, -0.1) is 0 Å². The van der Waals surface area contributed by atoms with Crippen LogP contribution in [-0.4, -0.2) is 34.2 Å². The summed E-state index contributed by atoms with van der Waals surface area (Å²) < 4.78 is 4.30. The van der Waals surface area contributed by atoms with E-state index in [9.17, 15) is 0 Å². The molecule has 2 rings (SSSR count). The van der Waals surface area contributed by atoms with Crippen LogP contribution >= 0.6 is 11.5 Å². The van der Waals surface area contributed by atoms with Crippen LogP contribution in [0.5, 0.6) is 0 Å². The zero-order chi connectivity index (χ0) is 10.1. The van der Waals surface area contributed by atoms with Crippen LogP contribution in [0, 0.1) is 5.92 Å². The van der Waals surface area contributed by atoms with Crippen molar-refractivity contribution in [1.82, 2.24) is 9.36 Å². The minimum Gasteiger partial charge on any atom is -0.396 e. The molecule has 1 aromatic heterocycles. The second-order valence-corrected chi connectivity index (χ2v) is 4.77. The topological polar surface area (TPSA) is 49.2 Å². The average Bonchev–Trinajstić information content (AvgIpc) is 2.51. The van der Waals surface area contributed by atoms with Crippen LogP contribution in [0.25, 0.3) is 0 Å². The van der Waals surface area contributed by atoms with E-state index in [0.29, 0.717) is 11.8 Å². The van der Waals surface area contributed by atoms with Crippen molar-refractivity contribution < 1.29 is 5.11 Å². The molecule has 78 valence electrons. The summed E-state index contributed by atoms with van der Waals surface area (Å²) in [6.45, 7) is 6.32. The molecule has 0 unspecified atom stereocenters. The number of aromatic nitrogens is 2. The van der Waals surface area contributed by atoms with Gasteiger partial charge in [0.25, 0.3) is 0 Å². The Balaban J connectivity index is 1.98. The fraction of sp³-hybridized carbons (Fsp3) is 0.778. The summed E-state index contributed by atoms with van der Waals surface area (Å²) in [5.74, 6) is 1.76. The highest BCUT2D eigenvalue weighted by atomic mass is 32.1. The largest absolute Gasteiger partial charge is 0.396 e. The summed E-state index contributed by atoms with van der Waals surface area (Å²) in [7, 11) is 0. The Morgan fingerprint density at radius 1 is 1.57 bits per heavy atom.